The average Bonchev–Trinajstić information content (AvgIpc) is 2.88. The zero-order chi connectivity index (χ0) is 16.7. The molecule has 1 saturated heterocycles. The Bertz CT molecular complexity index is 560. The second kappa shape index (κ2) is 8.54. The Morgan fingerprint density at radius 2 is 1.91 bits per heavy atom. The summed E-state index contributed by atoms with van der Waals surface area (Å²) in [5.74, 6) is 0.506. The van der Waals surface area contributed by atoms with E-state index in [1.54, 1.807) is 13.2 Å². The van der Waals surface area contributed by atoms with Gasteiger partial charge in [0.2, 0.25) is 5.91 Å². The maximum atomic E-state index is 12.6. The van der Waals surface area contributed by atoms with Gasteiger partial charge in [0.25, 0.3) is 0 Å². The average molecular weight is 315 g/mol. The highest BCUT2D eigenvalue weighted by Crippen LogP contribution is 2.24. The minimum atomic E-state index is -0.701. The SMILES string of the molecule is COc1ccccc1[C@H](C#N)NC(=O)[C@@H](C)N1CCCCCC1. The molecule has 23 heavy (non-hydrogen) atoms. The number of amides is 1. The van der Waals surface area contributed by atoms with Gasteiger partial charge in [0, 0.05) is 5.56 Å². The summed E-state index contributed by atoms with van der Waals surface area (Å²) in [5.41, 5.74) is 0.689. The van der Waals surface area contributed by atoms with Gasteiger partial charge in [0.1, 0.15) is 11.8 Å². The number of para-hydroxylation sites is 1. The molecule has 1 aromatic rings. The van der Waals surface area contributed by atoms with Crippen LogP contribution in [-0.4, -0.2) is 37.0 Å². The van der Waals surface area contributed by atoms with E-state index in [-0.39, 0.29) is 11.9 Å². The fraction of sp³-hybridized carbons (Fsp3) is 0.556. The van der Waals surface area contributed by atoms with E-state index in [1.165, 1.54) is 12.8 Å². The number of nitrogens with zero attached hydrogens (tertiary/aromatic N) is 2. The van der Waals surface area contributed by atoms with Crippen LogP contribution >= 0.6 is 0 Å². The van der Waals surface area contributed by atoms with E-state index < -0.39 is 6.04 Å². The van der Waals surface area contributed by atoms with Gasteiger partial charge in [-0.2, -0.15) is 5.26 Å². The number of nitrogens with one attached hydrogen (secondary N) is 1. The number of likely N-dealkylation sites (tertiary alicyclic amines) is 1. The Labute approximate surface area is 138 Å². The van der Waals surface area contributed by atoms with Crippen molar-refractivity contribution in [3.05, 3.63) is 29.8 Å². The van der Waals surface area contributed by atoms with Crippen LogP contribution in [0.5, 0.6) is 5.75 Å². The molecule has 0 radical (unpaired) electrons. The molecule has 2 atom stereocenters. The van der Waals surface area contributed by atoms with Crippen molar-refractivity contribution in [1.29, 1.82) is 5.26 Å². The summed E-state index contributed by atoms with van der Waals surface area (Å²) < 4.78 is 5.29. The molecule has 0 unspecified atom stereocenters. The van der Waals surface area contributed by atoms with Crippen molar-refractivity contribution in [2.45, 2.75) is 44.7 Å². The topological polar surface area (TPSA) is 65.4 Å². The van der Waals surface area contributed by atoms with Crippen LogP contribution in [0.15, 0.2) is 24.3 Å². The zero-order valence-corrected chi connectivity index (χ0v) is 13.9. The van der Waals surface area contributed by atoms with E-state index in [2.05, 4.69) is 16.3 Å². The van der Waals surface area contributed by atoms with E-state index in [0.29, 0.717) is 11.3 Å². The minimum Gasteiger partial charge on any atom is -0.496 e. The molecule has 1 aromatic carbocycles. The van der Waals surface area contributed by atoms with Gasteiger partial charge in [-0.15, -0.1) is 0 Å². The first kappa shape index (κ1) is 17.3. The summed E-state index contributed by atoms with van der Waals surface area (Å²) in [6, 6.07) is 8.53. The summed E-state index contributed by atoms with van der Waals surface area (Å²) in [7, 11) is 1.56. The fourth-order valence-electron chi connectivity index (χ4n) is 3.00. The Kier molecular flexibility index (Phi) is 6.42. The molecule has 0 spiro atoms. The van der Waals surface area contributed by atoms with Gasteiger partial charge in [0.15, 0.2) is 0 Å². The Hall–Kier alpha value is -2.06. The highest BCUT2D eigenvalue weighted by molar-refractivity contribution is 5.82. The normalized spacial score (nSPS) is 18.3. The first-order valence-electron chi connectivity index (χ1n) is 8.24. The predicted molar refractivity (Wildman–Crippen MR) is 89.0 cm³/mol. The Morgan fingerprint density at radius 1 is 1.26 bits per heavy atom. The lowest BCUT2D eigenvalue weighted by Crippen LogP contribution is -2.46. The summed E-state index contributed by atoms with van der Waals surface area (Å²) in [4.78, 5) is 14.8. The molecule has 124 valence electrons. The molecule has 0 saturated carbocycles. The van der Waals surface area contributed by atoms with Crippen molar-refractivity contribution in [3.63, 3.8) is 0 Å². The maximum absolute atomic E-state index is 12.6. The quantitative estimate of drug-likeness (QED) is 0.907. The molecule has 2 rings (SSSR count). The van der Waals surface area contributed by atoms with Crippen molar-refractivity contribution in [2.75, 3.05) is 20.2 Å². The minimum absolute atomic E-state index is 0.107. The molecule has 1 fully saturated rings. The van der Waals surface area contributed by atoms with Gasteiger partial charge in [-0.1, -0.05) is 31.0 Å². The van der Waals surface area contributed by atoms with E-state index in [0.717, 1.165) is 25.9 Å². The smallest absolute Gasteiger partial charge is 0.238 e. The standard InChI is InChI=1S/C18H25N3O2/c1-14(21-11-7-3-4-8-12-21)18(22)20-16(13-19)15-9-5-6-10-17(15)23-2/h5-6,9-10,14,16H,3-4,7-8,11-12H2,1-2H3,(H,20,22)/t14-,16+/m1/s1. The number of rotatable bonds is 5. The highest BCUT2D eigenvalue weighted by Gasteiger charge is 2.25. The molecule has 0 aliphatic carbocycles. The third kappa shape index (κ3) is 4.46. The summed E-state index contributed by atoms with van der Waals surface area (Å²) in [6.45, 7) is 3.80. The van der Waals surface area contributed by atoms with Crippen LogP contribution in [-0.2, 0) is 4.79 Å². The molecule has 1 aliphatic rings. The first-order valence-corrected chi connectivity index (χ1v) is 8.24. The third-order valence-electron chi connectivity index (χ3n) is 4.43. The van der Waals surface area contributed by atoms with Crippen LogP contribution in [0.1, 0.15) is 44.2 Å². The Morgan fingerprint density at radius 3 is 2.52 bits per heavy atom. The Balaban J connectivity index is 2.06. The van der Waals surface area contributed by atoms with E-state index >= 15 is 0 Å². The second-order valence-electron chi connectivity index (χ2n) is 5.94. The fourth-order valence-corrected chi connectivity index (χ4v) is 3.00. The molecule has 1 amide bonds. The number of hydrogen-bond donors (Lipinski definition) is 1. The number of carbonyl (C=O) groups excluding carboxylic acids is 1. The summed E-state index contributed by atoms with van der Waals surface area (Å²) in [6.07, 6.45) is 4.72. The van der Waals surface area contributed by atoms with Crippen LogP contribution in [0.4, 0.5) is 0 Å². The lowest BCUT2D eigenvalue weighted by atomic mass is 10.1. The maximum Gasteiger partial charge on any atom is 0.238 e. The van der Waals surface area contributed by atoms with Crippen molar-refractivity contribution in [3.8, 4) is 11.8 Å². The van der Waals surface area contributed by atoms with Crippen LogP contribution in [0.25, 0.3) is 0 Å². The van der Waals surface area contributed by atoms with E-state index in [1.807, 2.05) is 25.1 Å². The lowest BCUT2D eigenvalue weighted by molar-refractivity contribution is -0.126. The number of benzene rings is 1. The van der Waals surface area contributed by atoms with Gasteiger partial charge >= 0.3 is 0 Å². The van der Waals surface area contributed by atoms with E-state index in [4.69, 9.17) is 4.74 Å². The van der Waals surface area contributed by atoms with Crippen LogP contribution in [0.2, 0.25) is 0 Å². The molecule has 1 N–H and O–H groups in total. The zero-order valence-electron chi connectivity index (χ0n) is 13.9. The van der Waals surface area contributed by atoms with Gasteiger partial charge in [-0.3, -0.25) is 9.69 Å². The van der Waals surface area contributed by atoms with Crippen LogP contribution in [0, 0.1) is 11.3 Å². The summed E-state index contributed by atoms with van der Waals surface area (Å²) in [5, 5.41) is 12.3. The molecule has 1 heterocycles. The number of ether oxygens (including phenoxy) is 1. The lowest BCUT2D eigenvalue weighted by Gasteiger charge is -2.27. The van der Waals surface area contributed by atoms with Crippen molar-refractivity contribution in [2.24, 2.45) is 0 Å². The highest BCUT2D eigenvalue weighted by atomic mass is 16.5. The van der Waals surface area contributed by atoms with Crippen molar-refractivity contribution < 1.29 is 9.53 Å². The molecule has 0 bridgehead atoms. The van der Waals surface area contributed by atoms with Gasteiger partial charge in [0.05, 0.1) is 19.2 Å². The number of nitriles is 1. The predicted octanol–water partition coefficient (Wildman–Crippen LogP) is 2.64. The van der Waals surface area contributed by atoms with Gasteiger partial charge < -0.3 is 10.1 Å². The number of hydrogen-bond acceptors (Lipinski definition) is 4. The first-order chi connectivity index (χ1) is 11.2. The second-order valence-corrected chi connectivity index (χ2v) is 5.94. The van der Waals surface area contributed by atoms with Gasteiger partial charge in [-0.05, 0) is 38.9 Å². The largest absolute Gasteiger partial charge is 0.496 e. The monoisotopic (exact) mass is 315 g/mol. The van der Waals surface area contributed by atoms with Gasteiger partial charge in [-0.25, -0.2) is 0 Å². The van der Waals surface area contributed by atoms with Crippen molar-refractivity contribution in [1.82, 2.24) is 10.2 Å². The molecular formula is C18H25N3O2. The van der Waals surface area contributed by atoms with Crippen LogP contribution in [0.3, 0.4) is 0 Å². The number of carbonyl (C=O) groups is 1. The van der Waals surface area contributed by atoms with Crippen LogP contribution < -0.4 is 10.1 Å². The molecular weight excluding hydrogens is 290 g/mol. The van der Waals surface area contributed by atoms with E-state index in [9.17, 15) is 10.1 Å². The molecule has 5 nitrogen and oxygen atoms in total. The molecule has 1 aliphatic heterocycles. The van der Waals surface area contributed by atoms with Crippen molar-refractivity contribution >= 4 is 5.91 Å². The summed E-state index contributed by atoms with van der Waals surface area (Å²) >= 11 is 0. The molecule has 5 heteroatoms. The third-order valence-corrected chi connectivity index (χ3v) is 4.43. The molecule has 0 aromatic heterocycles. The number of methoxy groups -OCH3 is 1.